The molecule has 0 atom stereocenters. The molecular weight excluding hydrogens is 824 g/mol. The number of likely N-dealkylation sites (tertiary alicyclic amines) is 2. The third-order valence-corrected chi connectivity index (χ3v) is 8.99. The number of halogens is 1. The average molecular weight is 872 g/mol. The van der Waals surface area contributed by atoms with Gasteiger partial charge in [0.1, 0.15) is 45.9 Å². The molecule has 2 fully saturated rings. The Labute approximate surface area is 343 Å². The van der Waals surface area contributed by atoms with Crippen molar-refractivity contribution in [1.29, 1.82) is 5.26 Å². The van der Waals surface area contributed by atoms with Crippen molar-refractivity contribution in [3.8, 4) is 17.6 Å². The minimum Gasteiger partial charge on any atom is -0.486 e. The molecule has 1 N–H and O–H groups in total. The summed E-state index contributed by atoms with van der Waals surface area (Å²) < 4.78 is 22.7. The van der Waals surface area contributed by atoms with Crippen molar-refractivity contribution in [2.75, 3.05) is 44.7 Å². The molecule has 0 spiro atoms. The van der Waals surface area contributed by atoms with Gasteiger partial charge < -0.3 is 34.1 Å². The van der Waals surface area contributed by atoms with Gasteiger partial charge in [0.2, 0.25) is 11.5 Å². The Morgan fingerprint density at radius 2 is 1.21 bits per heavy atom. The number of anilines is 2. The molecular formula is C37H47BrN10O10. The molecule has 3 aromatic heterocycles. The minimum atomic E-state index is -0.557. The molecule has 0 unspecified atom stereocenters. The van der Waals surface area contributed by atoms with Crippen LogP contribution in [0.25, 0.3) is 0 Å². The highest BCUT2D eigenvalue weighted by atomic mass is 79.9. The van der Waals surface area contributed by atoms with Crippen molar-refractivity contribution in [2.24, 2.45) is 11.8 Å². The minimum absolute atomic E-state index is 0.0775. The summed E-state index contributed by atoms with van der Waals surface area (Å²) in [5.74, 6) is 1.25. The molecule has 5 rings (SSSR count). The van der Waals surface area contributed by atoms with Gasteiger partial charge in [-0.2, -0.15) is 5.26 Å². The lowest BCUT2D eigenvalue weighted by molar-refractivity contribution is -0.386. The zero-order chi connectivity index (χ0) is 42.6. The largest absolute Gasteiger partial charge is 0.486 e. The summed E-state index contributed by atoms with van der Waals surface area (Å²) in [5, 5.41) is 34.1. The Bertz CT molecular complexity index is 1950. The van der Waals surface area contributed by atoms with Crippen LogP contribution in [0, 0.1) is 43.4 Å². The third kappa shape index (κ3) is 14.2. The van der Waals surface area contributed by atoms with Gasteiger partial charge in [-0.15, -0.1) is 0 Å². The van der Waals surface area contributed by atoms with Crippen LogP contribution in [0.2, 0.25) is 0 Å². The lowest BCUT2D eigenvalue weighted by Crippen LogP contribution is -2.42. The molecule has 21 heteroatoms. The van der Waals surface area contributed by atoms with Crippen LogP contribution in [0.4, 0.5) is 32.6 Å². The fourth-order valence-corrected chi connectivity index (χ4v) is 5.93. The number of carbonyl (C=O) groups is 2. The number of carbonyl (C=O) groups excluding carboxylic acids is 2. The average Bonchev–Trinajstić information content (AvgIpc) is 3.15. The number of nitrogens with zero attached hydrogens (tertiary/aromatic N) is 9. The van der Waals surface area contributed by atoms with Crippen molar-refractivity contribution in [3.63, 3.8) is 0 Å². The lowest BCUT2D eigenvalue weighted by atomic mass is 9.98. The summed E-state index contributed by atoms with van der Waals surface area (Å²) in [7, 11) is 0. The van der Waals surface area contributed by atoms with E-state index in [1.807, 2.05) is 47.6 Å². The summed E-state index contributed by atoms with van der Waals surface area (Å²) >= 11 is 3.19. The van der Waals surface area contributed by atoms with Gasteiger partial charge in [0.15, 0.2) is 5.69 Å². The number of ether oxygens (including phenoxy) is 4. The number of rotatable bonds is 10. The van der Waals surface area contributed by atoms with Gasteiger partial charge in [-0.3, -0.25) is 20.2 Å². The maximum Gasteiger partial charge on any atom is 0.410 e. The predicted molar refractivity (Wildman–Crippen MR) is 212 cm³/mol. The molecule has 5 heterocycles. The second kappa shape index (κ2) is 20.0. The molecule has 0 aliphatic carbocycles. The number of hydrogen-bond donors (Lipinski definition) is 1. The highest BCUT2D eigenvalue weighted by molar-refractivity contribution is 9.10. The van der Waals surface area contributed by atoms with Crippen LogP contribution in [0.5, 0.6) is 11.5 Å². The van der Waals surface area contributed by atoms with Gasteiger partial charge in [0, 0.05) is 38.3 Å². The zero-order valence-corrected chi connectivity index (χ0v) is 34.8. The summed E-state index contributed by atoms with van der Waals surface area (Å²) in [6, 6.07) is 4.79. The molecule has 0 aromatic carbocycles. The highest BCUT2D eigenvalue weighted by Gasteiger charge is 2.29. The number of nitrogens with one attached hydrogen (secondary N) is 1. The Morgan fingerprint density at radius 1 is 0.759 bits per heavy atom. The van der Waals surface area contributed by atoms with E-state index in [4.69, 9.17) is 24.2 Å². The van der Waals surface area contributed by atoms with E-state index in [0.717, 1.165) is 19.0 Å². The van der Waals surface area contributed by atoms with E-state index in [-0.39, 0.29) is 65.0 Å². The van der Waals surface area contributed by atoms with Crippen LogP contribution in [0.1, 0.15) is 72.9 Å². The SMILES string of the molecule is CC(C)(C)OC(=O)N1CCC(COc2cc(Br)ncc2[N+](=O)[O-])CC1.CC(C)(C)OC(=O)N1CCC(COc2cc(Nc3cnc(C#N)cn3)ncc2[N+](=O)[O-])CC1. The van der Waals surface area contributed by atoms with E-state index in [1.165, 1.54) is 30.7 Å². The van der Waals surface area contributed by atoms with Crippen LogP contribution in [0.3, 0.4) is 0 Å². The van der Waals surface area contributed by atoms with Crippen molar-refractivity contribution in [1.82, 2.24) is 29.7 Å². The van der Waals surface area contributed by atoms with Crippen LogP contribution in [-0.4, -0.2) is 102 Å². The molecule has 312 valence electrons. The van der Waals surface area contributed by atoms with E-state index in [0.29, 0.717) is 56.0 Å². The van der Waals surface area contributed by atoms with Crippen LogP contribution in [0.15, 0.2) is 41.5 Å². The molecule has 2 amide bonds. The standard InChI is InChI=1S/C21H25N7O5.C16H22BrN3O5/c1-21(2,3)33-20(29)27-6-4-14(5-7-27)13-32-17-8-18(25-11-16(17)28(30)31)26-19-12-23-15(9-22)10-24-19;1-16(2,3)25-15(21)19-6-4-11(5-7-19)10-24-13-8-14(17)18-9-12(13)20(22)23/h8,10-12,14H,4-7,13H2,1-3H3,(H,24,25,26);8-9,11H,4-7,10H2,1-3H3. The number of piperidine rings is 2. The van der Waals surface area contributed by atoms with Gasteiger partial charge >= 0.3 is 23.6 Å². The molecule has 20 nitrogen and oxygen atoms in total. The maximum atomic E-state index is 12.2. The summed E-state index contributed by atoms with van der Waals surface area (Å²) in [6.45, 7) is 13.9. The molecule has 2 aliphatic rings. The van der Waals surface area contributed by atoms with E-state index in [9.17, 15) is 29.8 Å². The monoisotopic (exact) mass is 870 g/mol. The first-order chi connectivity index (χ1) is 27.3. The first-order valence-electron chi connectivity index (χ1n) is 18.4. The molecule has 3 aromatic rings. The van der Waals surface area contributed by atoms with Crippen molar-refractivity contribution in [3.05, 3.63) is 67.4 Å². The number of hydrogen-bond acceptors (Lipinski definition) is 16. The first-order valence-corrected chi connectivity index (χ1v) is 19.2. The number of nitro groups is 2. The molecule has 2 saturated heterocycles. The molecule has 0 saturated carbocycles. The van der Waals surface area contributed by atoms with Gasteiger partial charge in [0.25, 0.3) is 0 Å². The van der Waals surface area contributed by atoms with E-state index in [1.54, 1.807) is 9.80 Å². The molecule has 0 bridgehead atoms. The van der Waals surface area contributed by atoms with Gasteiger partial charge in [0.05, 0.1) is 35.5 Å². The molecule has 58 heavy (non-hydrogen) atoms. The lowest BCUT2D eigenvalue weighted by Gasteiger charge is -2.33. The molecule has 2 aliphatic heterocycles. The van der Waals surface area contributed by atoms with Crippen LogP contribution < -0.4 is 14.8 Å². The Kier molecular flexibility index (Phi) is 15.4. The van der Waals surface area contributed by atoms with Crippen LogP contribution >= 0.6 is 15.9 Å². The van der Waals surface area contributed by atoms with E-state index < -0.39 is 21.0 Å². The molecule has 0 radical (unpaired) electrons. The van der Waals surface area contributed by atoms with E-state index >= 15 is 0 Å². The van der Waals surface area contributed by atoms with Crippen molar-refractivity contribution in [2.45, 2.75) is 78.4 Å². The fourth-order valence-electron chi connectivity index (χ4n) is 5.62. The quantitative estimate of drug-likeness (QED) is 0.120. The topological polar surface area (TPSA) is 251 Å². The zero-order valence-electron chi connectivity index (χ0n) is 33.2. The summed E-state index contributed by atoms with van der Waals surface area (Å²) in [6.07, 6.45) is 7.22. The maximum absolute atomic E-state index is 12.2. The second-order valence-electron chi connectivity index (χ2n) is 15.5. The van der Waals surface area contributed by atoms with Gasteiger partial charge in [-0.05, 0) is 95.0 Å². The van der Waals surface area contributed by atoms with E-state index in [2.05, 4.69) is 41.2 Å². The normalized spacial score (nSPS) is 14.9. The third-order valence-electron chi connectivity index (χ3n) is 8.56. The number of amides is 2. The Hall–Kier alpha value is -5.91. The smallest absolute Gasteiger partial charge is 0.410 e. The Balaban J connectivity index is 0.000000267. The Morgan fingerprint density at radius 3 is 1.62 bits per heavy atom. The fraction of sp³-hybridized carbons (Fsp3) is 0.541. The van der Waals surface area contributed by atoms with Crippen molar-refractivity contribution < 1.29 is 38.4 Å². The van der Waals surface area contributed by atoms with Crippen molar-refractivity contribution >= 4 is 51.1 Å². The van der Waals surface area contributed by atoms with Crippen LogP contribution in [-0.2, 0) is 9.47 Å². The van der Waals surface area contributed by atoms with Gasteiger partial charge in [-0.1, -0.05) is 0 Å². The highest BCUT2D eigenvalue weighted by Crippen LogP contribution is 2.32. The number of aromatic nitrogens is 4. The number of pyridine rings is 2. The van der Waals surface area contributed by atoms with Gasteiger partial charge in [-0.25, -0.2) is 29.5 Å². The summed E-state index contributed by atoms with van der Waals surface area (Å²) in [4.78, 5) is 64.8. The first kappa shape index (κ1) is 44.8. The predicted octanol–water partition coefficient (Wildman–Crippen LogP) is 7.20. The number of nitriles is 1. The second-order valence-corrected chi connectivity index (χ2v) is 16.3. The summed E-state index contributed by atoms with van der Waals surface area (Å²) in [5.41, 5.74) is -1.30.